The van der Waals surface area contributed by atoms with Crippen LogP contribution in [0.15, 0.2) is 48.8 Å². The fourth-order valence-electron chi connectivity index (χ4n) is 2.19. The summed E-state index contributed by atoms with van der Waals surface area (Å²) in [5, 5.41) is 7.84. The molecule has 2 heterocycles. The summed E-state index contributed by atoms with van der Waals surface area (Å²) in [5.74, 6) is 0. The van der Waals surface area contributed by atoms with E-state index < -0.39 is 0 Å². The third-order valence-corrected chi connectivity index (χ3v) is 3.38. The lowest BCUT2D eigenvalue weighted by Crippen LogP contribution is -2.00. The summed E-state index contributed by atoms with van der Waals surface area (Å²) in [6, 6.07) is 12.1. The normalized spacial score (nSPS) is 10.5. The highest BCUT2D eigenvalue weighted by molar-refractivity contribution is 5.73. The Morgan fingerprint density at radius 3 is 2.33 bits per heavy atom. The first-order valence-electron chi connectivity index (χ1n) is 6.63. The molecule has 0 aliphatic carbocycles. The molecular weight excluding hydrogens is 264 g/mol. The van der Waals surface area contributed by atoms with Crippen LogP contribution in [-0.2, 0) is 6.42 Å². The summed E-state index contributed by atoms with van der Waals surface area (Å²) in [6.07, 6.45) is 5.17. The van der Waals surface area contributed by atoms with Crippen LogP contribution >= 0.6 is 0 Å². The molecule has 5 nitrogen and oxygen atoms in total. The second-order valence-corrected chi connectivity index (χ2v) is 4.79. The molecule has 3 aromatic rings. The first-order valence-corrected chi connectivity index (χ1v) is 6.63. The topological polar surface area (TPSA) is 60.7 Å². The molecule has 5 heteroatoms. The lowest BCUT2D eigenvalue weighted by atomic mass is 10.1. The van der Waals surface area contributed by atoms with E-state index >= 15 is 0 Å². The van der Waals surface area contributed by atoms with E-state index in [1.807, 2.05) is 31.2 Å². The van der Waals surface area contributed by atoms with Gasteiger partial charge in [0.15, 0.2) is 6.29 Å². The van der Waals surface area contributed by atoms with Gasteiger partial charge >= 0.3 is 0 Å². The predicted octanol–water partition coefficient (Wildman–Crippen LogP) is 2.37. The lowest BCUT2D eigenvalue weighted by molar-refractivity contribution is 0.111. The molecule has 0 saturated heterocycles. The zero-order chi connectivity index (χ0) is 14.7. The molecular formula is C16H14N4O. The minimum absolute atomic E-state index is 0.371. The van der Waals surface area contributed by atoms with Crippen molar-refractivity contribution >= 4 is 6.29 Å². The Morgan fingerprint density at radius 1 is 1.05 bits per heavy atom. The fraction of sp³-hybridized carbons (Fsp3) is 0.125. The Hall–Kier alpha value is -2.82. The van der Waals surface area contributed by atoms with Crippen LogP contribution in [0, 0.1) is 6.92 Å². The Labute approximate surface area is 122 Å². The summed E-state index contributed by atoms with van der Waals surface area (Å²) < 4.78 is 1.67. The van der Waals surface area contributed by atoms with Crippen LogP contribution in [0.5, 0.6) is 0 Å². The summed E-state index contributed by atoms with van der Waals surface area (Å²) >= 11 is 0. The van der Waals surface area contributed by atoms with Gasteiger partial charge in [-0.05, 0) is 48.7 Å². The molecule has 21 heavy (non-hydrogen) atoms. The van der Waals surface area contributed by atoms with Crippen molar-refractivity contribution in [2.45, 2.75) is 13.3 Å². The van der Waals surface area contributed by atoms with Crippen LogP contribution in [0.25, 0.3) is 5.69 Å². The van der Waals surface area contributed by atoms with Crippen molar-refractivity contribution < 1.29 is 4.79 Å². The molecule has 0 aliphatic rings. The maximum atomic E-state index is 10.8. The zero-order valence-electron chi connectivity index (χ0n) is 11.6. The highest BCUT2D eigenvalue weighted by Gasteiger charge is 2.08. The molecule has 0 N–H and O–H groups in total. The van der Waals surface area contributed by atoms with E-state index in [9.17, 15) is 4.79 Å². The van der Waals surface area contributed by atoms with E-state index in [-0.39, 0.29) is 0 Å². The van der Waals surface area contributed by atoms with Crippen molar-refractivity contribution in [1.82, 2.24) is 20.0 Å². The Bertz CT molecular complexity index is 748. The van der Waals surface area contributed by atoms with E-state index in [1.54, 1.807) is 17.1 Å². The van der Waals surface area contributed by atoms with Gasteiger partial charge in [0.25, 0.3) is 0 Å². The average Bonchev–Trinajstić information content (AvgIpc) is 2.90. The quantitative estimate of drug-likeness (QED) is 0.687. The number of rotatable bonds is 4. The van der Waals surface area contributed by atoms with Crippen LogP contribution in [0.3, 0.4) is 0 Å². The number of aromatic nitrogens is 4. The number of pyridine rings is 1. The van der Waals surface area contributed by atoms with E-state index in [4.69, 9.17) is 0 Å². The molecule has 0 aliphatic heterocycles. The summed E-state index contributed by atoms with van der Waals surface area (Å²) in [7, 11) is 0. The number of carbonyl (C=O) groups is 1. The van der Waals surface area contributed by atoms with Crippen molar-refractivity contribution in [3.8, 4) is 5.69 Å². The van der Waals surface area contributed by atoms with E-state index in [0.717, 1.165) is 24.1 Å². The van der Waals surface area contributed by atoms with Crippen LogP contribution in [0.1, 0.15) is 27.3 Å². The van der Waals surface area contributed by atoms with Gasteiger partial charge in [0, 0.05) is 12.4 Å². The second kappa shape index (κ2) is 5.66. The largest absolute Gasteiger partial charge is 0.296 e. The minimum Gasteiger partial charge on any atom is -0.296 e. The summed E-state index contributed by atoms with van der Waals surface area (Å²) in [6.45, 7) is 1.83. The first kappa shape index (κ1) is 13.2. The number of nitrogens with zero attached hydrogens (tertiary/aromatic N) is 4. The van der Waals surface area contributed by atoms with Gasteiger partial charge in [0.2, 0.25) is 0 Å². The molecule has 0 bridgehead atoms. The Morgan fingerprint density at radius 2 is 1.71 bits per heavy atom. The number of benzene rings is 1. The molecule has 0 radical (unpaired) electrons. The third-order valence-electron chi connectivity index (χ3n) is 3.38. The fourth-order valence-corrected chi connectivity index (χ4v) is 2.19. The summed E-state index contributed by atoms with van der Waals surface area (Å²) in [5.41, 5.74) is 4.44. The number of hydrogen-bond donors (Lipinski definition) is 0. The molecule has 1 aromatic carbocycles. The standard InChI is InChI=1S/C16H14N4O/c1-12-16(11-21)18-19-20(12)15-4-2-13(3-5-15)10-14-6-8-17-9-7-14/h2-9,11H,10H2,1H3. The van der Waals surface area contributed by atoms with Gasteiger partial charge in [0.1, 0.15) is 5.69 Å². The molecule has 0 fully saturated rings. The van der Waals surface area contributed by atoms with Crippen LogP contribution in [-0.4, -0.2) is 26.3 Å². The SMILES string of the molecule is Cc1c(C=O)nnn1-c1ccc(Cc2ccncc2)cc1. The monoisotopic (exact) mass is 278 g/mol. The highest BCUT2D eigenvalue weighted by atomic mass is 16.1. The molecule has 0 atom stereocenters. The molecule has 0 amide bonds. The van der Waals surface area contributed by atoms with Crippen LogP contribution < -0.4 is 0 Å². The predicted molar refractivity (Wildman–Crippen MR) is 78.5 cm³/mol. The van der Waals surface area contributed by atoms with Crippen LogP contribution in [0.2, 0.25) is 0 Å². The highest BCUT2D eigenvalue weighted by Crippen LogP contribution is 2.14. The van der Waals surface area contributed by atoms with Crippen molar-refractivity contribution in [3.63, 3.8) is 0 Å². The third kappa shape index (κ3) is 2.72. The lowest BCUT2D eigenvalue weighted by Gasteiger charge is -2.05. The Kier molecular flexibility index (Phi) is 3.55. The van der Waals surface area contributed by atoms with Crippen LogP contribution in [0.4, 0.5) is 0 Å². The molecule has 104 valence electrons. The first-order chi connectivity index (χ1) is 10.3. The zero-order valence-corrected chi connectivity index (χ0v) is 11.6. The van der Waals surface area contributed by atoms with E-state index in [0.29, 0.717) is 5.69 Å². The van der Waals surface area contributed by atoms with E-state index in [2.05, 4.69) is 27.4 Å². The smallest absolute Gasteiger partial charge is 0.172 e. The van der Waals surface area contributed by atoms with Gasteiger partial charge in [0.05, 0.1) is 11.4 Å². The number of hydrogen-bond acceptors (Lipinski definition) is 4. The summed E-state index contributed by atoms with van der Waals surface area (Å²) in [4.78, 5) is 14.8. The molecule has 0 saturated carbocycles. The minimum atomic E-state index is 0.371. The molecule has 2 aromatic heterocycles. The Balaban J connectivity index is 1.84. The van der Waals surface area contributed by atoms with Gasteiger partial charge in [-0.3, -0.25) is 9.78 Å². The second-order valence-electron chi connectivity index (χ2n) is 4.79. The van der Waals surface area contributed by atoms with Gasteiger partial charge in [-0.25, -0.2) is 4.68 Å². The maximum Gasteiger partial charge on any atom is 0.172 e. The molecule has 3 rings (SSSR count). The number of aldehydes is 1. The van der Waals surface area contributed by atoms with Crippen molar-refractivity contribution in [1.29, 1.82) is 0 Å². The van der Waals surface area contributed by atoms with Gasteiger partial charge in [-0.2, -0.15) is 0 Å². The van der Waals surface area contributed by atoms with Crippen molar-refractivity contribution in [3.05, 3.63) is 71.3 Å². The average molecular weight is 278 g/mol. The molecule has 0 spiro atoms. The van der Waals surface area contributed by atoms with Gasteiger partial charge < -0.3 is 0 Å². The van der Waals surface area contributed by atoms with E-state index in [1.165, 1.54) is 11.1 Å². The van der Waals surface area contributed by atoms with Gasteiger partial charge in [-0.15, -0.1) is 5.10 Å². The van der Waals surface area contributed by atoms with Crippen molar-refractivity contribution in [2.75, 3.05) is 0 Å². The molecule has 0 unspecified atom stereocenters. The number of carbonyl (C=O) groups excluding carboxylic acids is 1. The maximum absolute atomic E-state index is 10.8. The van der Waals surface area contributed by atoms with Gasteiger partial charge in [-0.1, -0.05) is 17.3 Å². The van der Waals surface area contributed by atoms with Crippen molar-refractivity contribution in [2.24, 2.45) is 0 Å².